The third-order valence-corrected chi connectivity index (χ3v) is 4.36. The van der Waals surface area contributed by atoms with Gasteiger partial charge in [-0.3, -0.25) is 0 Å². The number of carboxylic acids is 1. The number of hydrogen-bond acceptors (Lipinski definition) is 5. The van der Waals surface area contributed by atoms with Gasteiger partial charge in [0.05, 0.1) is 12.2 Å². The lowest BCUT2D eigenvalue weighted by atomic mass is 10.4. The van der Waals surface area contributed by atoms with Crippen molar-refractivity contribution in [1.29, 1.82) is 0 Å². The van der Waals surface area contributed by atoms with Gasteiger partial charge in [-0.25, -0.2) is 18.2 Å². The minimum absolute atomic E-state index is 0.116. The van der Waals surface area contributed by atoms with Crippen molar-refractivity contribution < 1.29 is 22.7 Å². The van der Waals surface area contributed by atoms with Gasteiger partial charge in [0.15, 0.2) is 0 Å². The summed E-state index contributed by atoms with van der Waals surface area (Å²) >= 11 is 0. The van der Waals surface area contributed by atoms with Crippen molar-refractivity contribution in [2.75, 3.05) is 0 Å². The van der Waals surface area contributed by atoms with Crippen molar-refractivity contribution in [2.45, 2.75) is 24.8 Å². The zero-order chi connectivity index (χ0) is 15.8. The molecular weight excluding hydrogens is 298 g/mol. The molecule has 2 heterocycles. The van der Waals surface area contributed by atoms with Gasteiger partial charge in [0.1, 0.15) is 16.3 Å². The predicted molar refractivity (Wildman–Crippen MR) is 72.3 cm³/mol. The largest absolute Gasteiger partial charge is 0.477 e. The van der Waals surface area contributed by atoms with E-state index < -0.39 is 22.0 Å². The molecule has 0 aliphatic rings. The van der Waals surface area contributed by atoms with E-state index in [9.17, 15) is 13.2 Å². The summed E-state index contributed by atoms with van der Waals surface area (Å²) in [5.41, 5.74) is -0.116. The maximum absolute atomic E-state index is 12.2. The summed E-state index contributed by atoms with van der Waals surface area (Å²) in [5, 5.41) is 8.95. The minimum atomic E-state index is -3.87. The van der Waals surface area contributed by atoms with Crippen LogP contribution in [-0.2, 0) is 17.1 Å². The van der Waals surface area contributed by atoms with Gasteiger partial charge in [0, 0.05) is 13.2 Å². The highest BCUT2D eigenvalue weighted by Crippen LogP contribution is 2.18. The van der Waals surface area contributed by atoms with Gasteiger partial charge in [-0.15, -0.1) is 0 Å². The monoisotopic (exact) mass is 313 g/mol. The summed E-state index contributed by atoms with van der Waals surface area (Å²) in [4.78, 5) is 14.8. The van der Waals surface area contributed by atoms with E-state index in [1.165, 1.54) is 24.0 Å². The average molecular weight is 313 g/mol. The SMILES string of the molecule is Cc1cnc(C(C)NS(=O)(=O)c2cc(C(=O)O)n(C)c2)o1. The molecule has 0 spiro atoms. The molecule has 0 aliphatic carbocycles. The van der Waals surface area contributed by atoms with E-state index in [0.717, 1.165) is 6.07 Å². The van der Waals surface area contributed by atoms with Gasteiger partial charge in [-0.2, -0.15) is 4.72 Å². The van der Waals surface area contributed by atoms with E-state index in [4.69, 9.17) is 9.52 Å². The van der Waals surface area contributed by atoms with Crippen molar-refractivity contribution in [3.05, 3.63) is 35.8 Å². The topological polar surface area (TPSA) is 114 Å². The summed E-state index contributed by atoms with van der Waals surface area (Å²) in [7, 11) is -2.41. The van der Waals surface area contributed by atoms with Crippen LogP contribution in [0.2, 0.25) is 0 Å². The van der Waals surface area contributed by atoms with Gasteiger partial charge >= 0.3 is 5.97 Å². The summed E-state index contributed by atoms with van der Waals surface area (Å²) in [6.45, 7) is 3.29. The lowest BCUT2D eigenvalue weighted by Crippen LogP contribution is -2.26. The Labute approximate surface area is 121 Å². The smallest absolute Gasteiger partial charge is 0.352 e. The van der Waals surface area contributed by atoms with Crippen molar-refractivity contribution >= 4 is 16.0 Å². The van der Waals surface area contributed by atoms with Crippen LogP contribution in [0.3, 0.4) is 0 Å². The van der Waals surface area contributed by atoms with Gasteiger partial charge < -0.3 is 14.1 Å². The zero-order valence-electron chi connectivity index (χ0n) is 11.7. The average Bonchev–Trinajstić information content (AvgIpc) is 2.95. The molecule has 1 unspecified atom stereocenters. The number of carboxylic acid groups (broad SMARTS) is 1. The molecule has 114 valence electrons. The Morgan fingerprint density at radius 3 is 2.67 bits per heavy atom. The Morgan fingerprint density at radius 2 is 2.19 bits per heavy atom. The number of aryl methyl sites for hydroxylation is 2. The molecule has 0 saturated carbocycles. The van der Waals surface area contributed by atoms with E-state index in [0.29, 0.717) is 5.76 Å². The van der Waals surface area contributed by atoms with Crippen LogP contribution in [0.15, 0.2) is 27.8 Å². The number of hydrogen-bond donors (Lipinski definition) is 2. The summed E-state index contributed by atoms with van der Waals surface area (Å²) in [6.07, 6.45) is 2.73. The van der Waals surface area contributed by atoms with Crippen molar-refractivity contribution in [3.8, 4) is 0 Å². The molecule has 2 N–H and O–H groups in total. The first-order valence-corrected chi connectivity index (χ1v) is 7.53. The fourth-order valence-corrected chi connectivity index (χ4v) is 3.08. The number of aromatic carboxylic acids is 1. The number of sulfonamides is 1. The van der Waals surface area contributed by atoms with Crippen molar-refractivity contribution in [2.24, 2.45) is 7.05 Å². The molecule has 2 aromatic heterocycles. The van der Waals surface area contributed by atoms with Crippen LogP contribution in [0.5, 0.6) is 0 Å². The Morgan fingerprint density at radius 1 is 1.52 bits per heavy atom. The zero-order valence-corrected chi connectivity index (χ0v) is 12.5. The van der Waals surface area contributed by atoms with Crippen LogP contribution in [0.1, 0.15) is 35.1 Å². The lowest BCUT2D eigenvalue weighted by Gasteiger charge is -2.09. The summed E-state index contributed by atoms with van der Waals surface area (Å²) < 4.78 is 33.3. The molecule has 0 radical (unpaired) electrons. The summed E-state index contributed by atoms with van der Waals surface area (Å²) in [5.74, 6) is -0.385. The third kappa shape index (κ3) is 3.14. The van der Waals surface area contributed by atoms with E-state index in [1.54, 1.807) is 13.8 Å². The van der Waals surface area contributed by atoms with Gasteiger partial charge in [-0.05, 0) is 19.9 Å². The van der Waals surface area contributed by atoms with E-state index in [-0.39, 0.29) is 16.5 Å². The first-order chi connectivity index (χ1) is 9.70. The van der Waals surface area contributed by atoms with Crippen LogP contribution >= 0.6 is 0 Å². The molecule has 1 atom stereocenters. The molecule has 8 nitrogen and oxygen atoms in total. The Kier molecular flexibility index (Phi) is 3.88. The third-order valence-electron chi connectivity index (χ3n) is 2.85. The van der Waals surface area contributed by atoms with Crippen LogP contribution in [0.25, 0.3) is 0 Å². The molecule has 0 aromatic carbocycles. The second-order valence-electron chi connectivity index (χ2n) is 4.63. The molecule has 2 rings (SSSR count). The van der Waals surface area contributed by atoms with E-state index in [1.807, 2.05) is 0 Å². The lowest BCUT2D eigenvalue weighted by molar-refractivity contribution is 0.0686. The predicted octanol–water partition coefficient (Wildman–Crippen LogP) is 1.06. The van der Waals surface area contributed by atoms with Gasteiger partial charge in [0.2, 0.25) is 15.9 Å². The Balaban J connectivity index is 2.26. The summed E-state index contributed by atoms with van der Waals surface area (Å²) in [6, 6.07) is 0.426. The number of aromatic nitrogens is 2. The second kappa shape index (κ2) is 5.34. The molecular formula is C12H15N3O5S. The fraction of sp³-hybridized carbons (Fsp3) is 0.333. The van der Waals surface area contributed by atoms with E-state index >= 15 is 0 Å². The van der Waals surface area contributed by atoms with Crippen LogP contribution in [-0.4, -0.2) is 29.0 Å². The van der Waals surface area contributed by atoms with Crippen LogP contribution < -0.4 is 4.72 Å². The highest BCUT2D eigenvalue weighted by molar-refractivity contribution is 7.89. The quantitative estimate of drug-likeness (QED) is 0.853. The highest BCUT2D eigenvalue weighted by Gasteiger charge is 2.24. The molecule has 2 aromatic rings. The molecule has 0 saturated heterocycles. The molecule has 0 aliphatic heterocycles. The molecule has 0 bridgehead atoms. The Hall–Kier alpha value is -2.13. The second-order valence-corrected chi connectivity index (χ2v) is 6.34. The molecule has 21 heavy (non-hydrogen) atoms. The highest BCUT2D eigenvalue weighted by atomic mass is 32.2. The minimum Gasteiger partial charge on any atom is -0.477 e. The number of nitrogens with one attached hydrogen (secondary N) is 1. The molecule has 9 heteroatoms. The molecule has 0 fully saturated rings. The number of oxazole rings is 1. The standard InChI is InChI=1S/C12H15N3O5S/c1-7-5-13-11(20-7)8(2)14-21(18,19)9-4-10(12(16)17)15(3)6-9/h4-6,8,14H,1-3H3,(H,16,17). The van der Waals surface area contributed by atoms with Gasteiger partial charge in [0.25, 0.3) is 0 Å². The van der Waals surface area contributed by atoms with Crippen LogP contribution in [0, 0.1) is 6.92 Å². The first kappa shape index (κ1) is 15.3. The van der Waals surface area contributed by atoms with E-state index in [2.05, 4.69) is 9.71 Å². The normalized spacial score (nSPS) is 13.3. The van der Waals surface area contributed by atoms with Crippen molar-refractivity contribution in [1.82, 2.24) is 14.3 Å². The fourth-order valence-electron chi connectivity index (χ4n) is 1.82. The number of rotatable bonds is 5. The molecule has 0 amide bonds. The van der Waals surface area contributed by atoms with Crippen LogP contribution in [0.4, 0.5) is 0 Å². The first-order valence-electron chi connectivity index (χ1n) is 6.05. The number of nitrogens with zero attached hydrogens (tertiary/aromatic N) is 2. The maximum Gasteiger partial charge on any atom is 0.352 e. The maximum atomic E-state index is 12.2. The number of carbonyl (C=O) groups is 1. The Bertz CT molecular complexity index is 775. The van der Waals surface area contributed by atoms with Crippen molar-refractivity contribution in [3.63, 3.8) is 0 Å². The van der Waals surface area contributed by atoms with Gasteiger partial charge in [-0.1, -0.05) is 0 Å².